The monoisotopic (exact) mass is 735 g/mol. The SMILES string of the molecule is NC(N)=NC(=O)Cc1c(Cl)cccc1Cl.NC(N)=NC(=O)Cc1c(Cl)cccc1Cl.NC(N)=NC(=O)Cc1c(Cl)cccc1Cl. The topological polar surface area (TPSA) is 244 Å². The number of carbonyl (C=O) groups excluding carboxylic acids is 3. The van der Waals surface area contributed by atoms with E-state index in [1.165, 1.54) is 0 Å². The van der Waals surface area contributed by atoms with Crippen LogP contribution in [0.4, 0.5) is 0 Å². The predicted molar refractivity (Wildman–Crippen MR) is 183 cm³/mol. The average Bonchev–Trinajstić information content (AvgIpc) is 2.90. The number of benzene rings is 3. The number of rotatable bonds is 6. The van der Waals surface area contributed by atoms with Crippen LogP contribution in [0.3, 0.4) is 0 Å². The van der Waals surface area contributed by atoms with Crippen molar-refractivity contribution in [2.75, 3.05) is 0 Å². The van der Waals surface area contributed by atoms with Crippen molar-refractivity contribution in [2.24, 2.45) is 49.4 Å². The van der Waals surface area contributed by atoms with E-state index in [9.17, 15) is 14.4 Å². The van der Waals surface area contributed by atoms with E-state index in [4.69, 9.17) is 104 Å². The van der Waals surface area contributed by atoms with Crippen LogP contribution in [0.1, 0.15) is 16.7 Å². The van der Waals surface area contributed by atoms with Crippen molar-refractivity contribution in [1.29, 1.82) is 0 Å². The molecule has 0 unspecified atom stereocenters. The van der Waals surface area contributed by atoms with Gasteiger partial charge in [-0.1, -0.05) is 87.8 Å². The van der Waals surface area contributed by atoms with E-state index < -0.39 is 17.7 Å². The maximum atomic E-state index is 11.3. The summed E-state index contributed by atoms with van der Waals surface area (Å²) < 4.78 is 0. The Morgan fingerprint density at radius 2 is 0.600 bits per heavy atom. The lowest BCUT2D eigenvalue weighted by atomic mass is 10.1. The van der Waals surface area contributed by atoms with Gasteiger partial charge in [-0.25, -0.2) is 0 Å². The number of amides is 3. The Bertz CT molecular complexity index is 1370. The molecule has 0 fully saturated rings. The minimum absolute atomic E-state index is 0.0175. The van der Waals surface area contributed by atoms with Crippen LogP contribution in [0.5, 0.6) is 0 Å². The molecule has 0 atom stereocenters. The van der Waals surface area contributed by atoms with Gasteiger partial charge in [-0.2, -0.15) is 15.0 Å². The van der Waals surface area contributed by atoms with E-state index in [0.717, 1.165) is 0 Å². The van der Waals surface area contributed by atoms with Crippen molar-refractivity contribution in [1.82, 2.24) is 0 Å². The first-order valence-electron chi connectivity index (χ1n) is 12.2. The molecule has 0 aliphatic carbocycles. The molecule has 0 bridgehead atoms. The van der Waals surface area contributed by atoms with Crippen LogP contribution in [0.2, 0.25) is 30.1 Å². The van der Waals surface area contributed by atoms with E-state index in [2.05, 4.69) is 15.0 Å². The average molecular weight is 738 g/mol. The summed E-state index contributed by atoms with van der Waals surface area (Å²) in [4.78, 5) is 43.9. The molecule has 3 aromatic carbocycles. The van der Waals surface area contributed by atoms with Gasteiger partial charge < -0.3 is 34.4 Å². The van der Waals surface area contributed by atoms with Gasteiger partial charge >= 0.3 is 0 Å². The van der Waals surface area contributed by atoms with Gasteiger partial charge in [0.2, 0.25) is 0 Å². The first-order chi connectivity index (χ1) is 21.0. The Morgan fingerprint density at radius 1 is 0.422 bits per heavy atom. The minimum atomic E-state index is -0.481. The molecular weight excluding hydrogens is 711 g/mol. The highest BCUT2D eigenvalue weighted by atomic mass is 35.5. The zero-order chi connectivity index (χ0) is 34.3. The second-order valence-corrected chi connectivity index (χ2v) is 10.9. The van der Waals surface area contributed by atoms with Gasteiger partial charge in [0.25, 0.3) is 17.7 Å². The van der Waals surface area contributed by atoms with Crippen LogP contribution in [-0.2, 0) is 33.6 Å². The Hall–Kier alpha value is -3.78. The molecule has 0 spiro atoms. The van der Waals surface area contributed by atoms with Gasteiger partial charge in [0.1, 0.15) is 0 Å². The van der Waals surface area contributed by atoms with E-state index in [1.807, 2.05) is 0 Å². The van der Waals surface area contributed by atoms with Gasteiger partial charge in [0.05, 0.1) is 19.3 Å². The predicted octanol–water partition coefficient (Wildman–Crippen LogP) is 4.01. The first-order valence-corrected chi connectivity index (χ1v) is 14.4. The molecule has 0 saturated carbocycles. The second-order valence-electron chi connectivity index (χ2n) is 8.42. The van der Waals surface area contributed by atoms with E-state index in [0.29, 0.717) is 46.8 Å². The van der Waals surface area contributed by atoms with Gasteiger partial charge in [-0.15, -0.1) is 0 Å². The van der Waals surface area contributed by atoms with Crippen molar-refractivity contribution in [3.63, 3.8) is 0 Å². The van der Waals surface area contributed by atoms with Crippen LogP contribution in [0.15, 0.2) is 69.6 Å². The molecule has 240 valence electrons. The molecule has 0 radical (unpaired) electrons. The molecule has 12 N–H and O–H groups in total. The fraction of sp³-hybridized carbons (Fsp3) is 0.111. The third kappa shape index (κ3) is 15.2. The normalized spacial score (nSPS) is 9.73. The Morgan fingerprint density at radius 3 is 0.756 bits per heavy atom. The quantitative estimate of drug-likeness (QED) is 0.158. The number of nitrogens with zero attached hydrogens (tertiary/aromatic N) is 3. The smallest absolute Gasteiger partial charge is 0.253 e. The summed E-state index contributed by atoms with van der Waals surface area (Å²) >= 11 is 35.2. The summed E-state index contributed by atoms with van der Waals surface area (Å²) in [6.07, 6.45) is -0.0524. The van der Waals surface area contributed by atoms with Crippen molar-refractivity contribution in [2.45, 2.75) is 19.3 Å². The summed E-state index contributed by atoms with van der Waals surface area (Å²) in [5.74, 6) is -2.27. The second kappa shape index (κ2) is 19.6. The van der Waals surface area contributed by atoms with Gasteiger partial charge in [-0.3, -0.25) is 14.4 Å². The molecule has 0 aromatic heterocycles. The standard InChI is InChI=1S/3C9H9Cl2N3O/c3*10-6-2-1-3-7(11)5(6)4-8(15)14-9(12)13/h3*1-3H,4H2,(H4,12,13,14,15). The number of hydrogen-bond acceptors (Lipinski definition) is 3. The first kappa shape index (κ1) is 39.2. The fourth-order valence-corrected chi connectivity index (χ4v) is 4.70. The Labute approximate surface area is 288 Å². The van der Waals surface area contributed by atoms with Crippen molar-refractivity contribution < 1.29 is 14.4 Å². The molecule has 12 nitrogen and oxygen atoms in total. The summed E-state index contributed by atoms with van der Waals surface area (Å²) in [6.45, 7) is 0. The summed E-state index contributed by atoms with van der Waals surface area (Å²) in [5.41, 5.74) is 32.0. The lowest BCUT2D eigenvalue weighted by molar-refractivity contribution is -0.118. The zero-order valence-corrected chi connectivity index (χ0v) is 27.7. The van der Waals surface area contributed by atoms with Crippen molar-refractivity contribution >= 4 is 105 Å². The molecule has 3 rings (SSSR count). The molecular formula is C27H27Cl6N9O3. The van der Waals surface area contributed by atoms with E-state index in [-0.39, 0.29) is 37.1 Å². The van der Waals surface area contributed by atoms with Crippen molar-refractivity contribution in [3.05, 3.63) is 101 Å². The third-order valence-corrected chi connectivity index (χ3v) is 7.06. The molecule has 0 heterocycles. The number of aliphatic imine (C=N–C) groups is 3. The van der Waals surface area contributed by atoms with Gasteiger partial charge in [0.15, 0.2) is 17.9 Å². The molecule has 0 aliphatic heterocycles. The van der Waals surface area contributed by atoms with Crippen molar-refractivity contribution in [3.8, 4) is 0 Å². The molecule has 0 aliphatic rings. The lowest BCUT2D eigenvalue weighted by Crippen LogP contribution is -2.24. The molecule has 0 saturated heterocycles. The van der Waals surface area contributed by atoms with Crippen LogP contribution in [-0.4, -0.2) is 35.6 Å². The fourth-order valence-electron chi connectivity index (χ4n) is 3.11. The highest BCUT2D eigenvalue weighted by Gasteiger charge is 2.12. The van der Waals surface area contributed by atoms with E-state index in [1.54, 1.807) is 54.6 Å². The lowest BCUT2D eigenvalue weighted by Gasteiger charge is -2.03. The third-order valence-electron chi connectivity index (χ3n) is 4.93. The van der Waals surface area contributed by atoms with Crippen LogP contribution in [0.25, 0.3) is 0 Å². The van der Waals surface area contributed by atoms with Crippen LogP contribution < -0.4 is 34.4 Å². The number of guanidine groups is 3. The molecule has 45 heavy (non-hydrogen) atoms. The van der Waals surface area contributed by atoms with Crippen LogP contribution in [0, 0.1) is 0 Å². The number of halogens is 6. The molecule has 3 amide bonds. The number of nitrogens with two attached hydrogens (primary N) is 6. The summed E-state index contributed by atoms with van der Waals surface area (Å²) in [7, 11) is 0. The number of carbonyl (C=O) groups is 3. The van der Waals surface area contributed by atoms with Gasteiger partial charge in [0, 0.05) is 30.1 Å². The maximum Gasteiger partial charge on any atom is 0.253 e. The highest BCUT2D eigenvalue weighted by molar-refractivity contribution is 6.37. The largest absolute Gasteiger partial charge is 0.370 e. The van der Waals surface area contributed by atoms with Gasteiger partial charge in [-0.05, 0) is 53.1 Å². The maximum absolute atomic E-state index is 11.3. The van der Waals surface area contributed by atoms with E-state index >= 15 is 0 Å². The van der Waals surface area contributed by atoms with Crippen LogP contribution >= 0.6 is 69.6 Å². The molecule has 18 heteroatoms. The molecule has 3 aromatic rings. The number of hydrogen-bond donors (Lipinski definition) is 6. The summed E-state index contributed by atoms with van der Waals surface area (Å²) in [5, 5.41) is 2.51. The highest BCUT2D eigenvalue weighted by Crippen LogP contribution is 2.26. The minimum Gasteiger partial charge on any atom is -0.370 e. The zero-order valence-electron chi connectivity index (χ0n) is 23.1. The Balaban J connectivity index is 0.000000337. The summed E-state index contributed by atoms with van der Waals surface area (Å²) in [6, 6.07) is 14.9. The Kier molecular flexibility index (Phi) is 17.1.